The van der Waals surface area contributed by atoms with Crippen LogP contribution in [0.15, 0.2) is 24.3 Å². The first-order valence-electron chi connectivity index (χ1n) is 6.37. The van der Waals surface area contributed by atoms with Gasteiger partial charge in [0.05, 0.1) is 5.56 Å². The van der Waals surface area contributed by atoms with Crippen LogP contribution in [0.3, 0.4) is 0 Å². The fourth-order valence-electron chi connectivity index (χ4n) is 2.75. The fourth-order valence-corrected chi connectivity index (χ4v) is 2.75. The maximum absolute atomic E-state index is 13.0. The molecular weight excluding hydrogens is 239 g/mol. The summed E-state index contributed by atoms with van der Waals surface area (Å²) in [7, 11) is 0. The summed E-state index contributed by atoms with van der Waals surface area (Å²) in [5.74, 6) is 0.305. The highest BCUT2D eigenvalue weighted by molar-refractivity contribution is 5.32. The molecular formula is C14H18F3N. The molecule has 1 nitrogen and oxygen atoms in total. The maximum Gasteiger partial charge on any atom is 0.416 e. The van der Waals surface area contributed by atoms with E-state index in [-0.39, 0.29) is 5.92 Å². The molecule has 4 heteroatoms. The van der Waals surface area contributed by atoms with Crippen molar-refractivity contribution < 1.29 is 13.2 Å². The van der Waals surface area contributed by atoms with Crippen LogP contribution in [-0.4, -0.2) is 13.1 Å². The third-order valence-electron chi connectivity index (χ3n) is 3.85. The van der Waals surface area contributed by atoms with Gasteiger partial charge in [-0.3, -0.25) is 0 Å². The summed E-state index contributed by atoms with van der Waals surface area (Å²) in [6, 6.07) is 5.96. The van der Waals surface area contributed by atoms with Gasteiger partial charge in [0.15, 0.2) is 0 Å². The first-order chi connectivity index (χ1) is 8.50. The normalized spacial score (nSPS) is 19.8. The average molecular weight is 257 g/mol. The molecule has 0 amide bonds. The van der Waals surface area contributed by atoms with E-state index in [2.05, 4.69) is 5.32 Å². The topological polar surface area (TPSA) is 12.0 Å². The molecule has 0 saturated carbocycles. The van der Waals surface area contributed by atoms with Gasteiger partial charge >= 0.3 is 6.18 Å². The van der Waals surface area contributed by atoms with Gasteiger partial charge in [-0.15, -0.1) is 0 Å². The van der Waals surface area contributed by atoms with Crippen LogP contribution in [-0.2, 0) is 6.18 Å². The molecule has 0 bridgehead atoms. The van der Waals surface area contributed by atoms with E-state index in [0.717, 1.165) is 25.9 Å². The zero-order valence-electron chi connectivity index (χ0n) is 10.4. The fraction of sp³-hybridized carbons (Fsp3) is 0.571. The van der Waals surface area contributed by atoms with Gasteiger partial charge in [0.2, 0.25) is 0 Å². The highest BCUT2D eigenvalue weighted by atomic mass is 19.4. The van der Waals surface area contributed by atoms with E-state index in [9.17, 15) is 13.2 Å². The average Bonchev–Trinajstić information content (AvgIpc) is 2.38. The van der Waals surface area contributed by atoms with Gasteiger partial charge in [0, 0.05) is 0 Å². The Balaban J connectivity index is 2.26. The van der Waals surface area contributed by atoms with Crippen molar-refractivity contribution in [2.75, 3.05) is 13.1 Å². The van der Waals surface area contributed by atoms with Crippen molar-refractivity contribution in [1.82, 2.24) is 5.32 Å². The number of piperidine rings is 1. The van der Waals surface area contributed by atoms with Gasteiger partial charge in [0.25, 0.3) is 0 Å². The highest BCUT2D eigenvalue weighted by Crippen LogP contribution is 2.39. The van der Waals surface area contributed by atoms with Crippen LogP contribution < -0.4 is 5.32 Å². The van der Waals surface area contributed by atoms with E-state index in [1.165, 1.54) is 12.1 Å². The van der Waals surface area contributed by atoms with Gasteiger partial charge in [-0.1, -0.05) is 25.1 Å². The lowest BCUT2D eigenvalue weighted by Gasteiger charge is -2.30. The molecule has 1 atom stereocenters. The molecule has 1 unspecified atom stereocenters. The van der Waals surface area contributed by atoms with Crippen LogP contribution in [0.5, 0.6) is 0 Å². The van der Waals surface area contributed by atoms with Crippen LogP contribution in [0.2, 0.25) is 0 Å². The molecule has 100 valence electrons. The maximum atomic E-state index is 13.0. The molecule has 1 fully saturated rings. The van der Waals surface area contributed by atoms with Gasteiger partial charge in [-0.25, -0.2) is 0 Å². The number of nitrogens with one attached hydrogen (secondary N) is 1. The molecule has 18 heavy (non-hydrogen) atoms. The number of alkyl halides is 3. The SMILES string of the molecule is CC(c1ccccc1C(F)(F)F)C1CCNCC1. The summed E-state index contributed by atoms with van der Waals surface area (Å²) in [6.07, 6.45) is -2.35. The molecule has 1 N–H and O–H groups in total. The van der Waals surface area contributed by atoms with Crippen LogP contribution in [0.1, 0.15) is 36.8 Å². The lowest BCUT2D eigenvalue weighted by atomic mass is 9.80. The van der Waals surface area contributed by atoms with Crippen LogP contribution >= 0.6 is 0 Å². The van der Waals surface area contributed by atoms with Crippen molar-refractivity contribution in [2.24, 2.45) is 5.92 Å². The molecule has 0 spiro atoms. The van der Waals surface area contributed by atoms with Crippen molar-refractivity contribution in [3.05, 3.63) is 35.4 Å². The predicted molar refractivity (Wildman–Crippen MR) is 65.5 cm³/mol. The standard InChI is InChI=1S/C14H18F3N/c1-10(11-6-8-18-9-7-11)12-4-2-3-5-13(12)14(15,16)17/h2-5,10-11,18H,6-9H2,1H3. The molecule has 1 aromatic carbocycles. The first-order valence-corrected chi connectivity index (χ1v) is 6.37. The number of halogens is 3. The molecule has 0 radical (unpaired) electrons. The largest absolute Gasteiger partial charge is 0.416 e. The Kier molecular flexibility index (Phi) is 3.95. The third-order valence-corrected chi connectivity index (χ3v) is 3.85. The highest BCUT2D eigenvalue weighted by Gasteiger charge is 2.35. The van der Waals surface area contributed by atoms with Gasteiger partial charge in [0.1, 0.15) is 0 Å². The van der Waals surface area contributed by atoms with Gasteiger partial charge in [-0.05, 0) is 49.4 Å². The molecule has 0 aromatic heterocycles. The number of hydrogen-bond acceptors (Lipinski definition) is 1. The van der Waals surface area contributed by atoms with Gasteiger partial charge in [-0.2, -0.15) is 13.2 Å². The smallest absolute Gasteiger partial charge is 0.317 e. The number of benzene rings is 1. The lowest BCUT2D eigenvalue weighted by molar-refractivity contribution is -0.138. The quantitative estimate of drug-likeness (QED) is 0.849. The number of hydrogen-bond donors (Lipinski definition) is 1. The van der Waals surface area contributed by atoms with E-state index in [0.29, 0.717) is 11.5 Å². The van der Waals surface area contributed by atoms with Gasteiger partial charge < -0.3 is 5.32 Å². The van der Waals surface area contributed by atoms with E-state index < -0.39 is 11.7 Å². The molecule has 1 aromatic rings. The molecule has 2 rings (SSSR count). The Morgan fingerprint density at radius 3 is 2.39 bits per heavy atom. The monoisotopic (exact) mass is 257 g/mol. The summed E-state index contributed by atoms with van der Waals surface area (Å²) < 4.78 is 38.9. The summed E-state index contributed by atoms with van der Waals surface area (Å²) in [4.78, 5) is 0. The second-order valence-corrected chi connectivity index (χ2v) is 4.96. The van der Waals surface area contributed by atoms with Crippen molar-refractivity contribution in [3.63, 3.8) is 0 Å². The Morgan fingerprint density at radius 1 is 1.17 bits per heavy atom. The lowest BCUT2D eigenvalue weighted by Crippen LogP contribution is -2.30. The minimum atomic E-state index is -4.25. The van der Waals surface area contributed by atoms with E-state index in [1.807, 2.05) is 6.92 Å². The Labute approximate surface area is 105 Å². The van der Waals surface area contributed by atoms with Crippen molar-refractivity contribution in [3.8, 4) is 0 Å². The number of rotatable bonds is 2. The molecule has 0 aliphatic carbocycles. The second kappa shape index (κ2) is 5.31. The minimum absolute atomic E-state index is 0.0371. The summed E-state index contributed by atoms with van der Waals surface area (Å²) in [5, 5.41) is 3.24. The Morgan fingerprint density at radius 2 is 1.78 bits per heavy atom. The van der Waals surface area contributed by atoms with Crippen molar-refractivity contribution in [1.29, 1.82) is 0 Å². The third kappa shape index (κ3) is 2.86. The molecule has 1 aliphatic rings. The summed E-state index contributed by atoms with van der Waals surface area (Å²) in [6.45, 7) is 3.73. The Bertz CT molecular complexity index is 394. The van der Waals surface area contributed by atoms with E-state index in [4.69, 9.17) is 0 Å². The Hall–Kier alpha value is -1.03. The zero-order valence-corrected chi connectivity index (χ0v) is 10.4. The van der Waals surface area contributed by atoms with Crippen LogP contribution in [0.25, 0.3) is 0 Å². The minimum Gasteiger partial charge on any atom is -0.317 e. The molecule has 1 heterocycles. The van der Waals surface area contributed by atoms with E-state index >= 15 is 0 Å². The molecule has 1 saturated heterocycles. The van der Waals surface area contributed by atoms with E-state index in [1.54, 1.807) is 12.1 Å². The zero-order chi connectivity index (χ0) is 13.2. The van der Waals surface area contributed by atoms with Crippen molar-refractivity contribution in [2.45, 2.75) is 31.9 Å². The summed E-state index contributed by atoms with van der Waals surface area (Å²) in [5.41, 5.74) is -0.0343. The van der Waals surface area contributed by atoms with Crippen LogP contribution in [0, 0.1) is 5.92 Å². The second-order valence-electron chi connectivity index (χ2n) is 4.96. The van der Waals surface area contributed by atoms with Crippen molar-refractivity contribution >= 4 is 0 Å². The summed E-state index contributed by atoms with van der Waals surface area (Å²) >= 11 is 0. The predicted octanol–water partition coefficient (Wildman–Crippen LogP) is 3.81. The van der Waals surface area contributed by atoms with Crippen LogP contribution in [0.4, 0.5) is 13.2 Å². The first kappa shape index (κ1) is 13.4. The molecule has 1 aliphatic heterocycles.